The fourth-order valence-corrected chi connectivity index (χ4v) is 2.07. The van der Waals surface area contributed by atoms with Crippen LogP contribution in [0.3, 0.4) is 0 Å². The van der Waals surface area contributed by atoms with Crippen molar-refractivity contribution in [3.05, 3.63) is 24.3 Å². The summed E-state index contributed by atoms with van der Waals surface area (Å²) in [5.41, 5.74) is 0. The van der Waals surface area contributed by atoms with Crippen molar-refractivity contribution < 1.29 is 19.8 Å². The first kappa shape index (κ1) is 14.8. The van der Waals surface area contributed by atoms with Crippen LogP contribution in [-0.2, 0) is 9.59 Å². The molecule has 1 aliphatic carbocycles. The SMILES string of the molecule is CCCC=CC=CC1CC(O)C(O)C(=O)C1C=O. The first-order valence-corrected chi connectivity index (χ1v) is 6.30. The Labute approximate surface area is 107 Å². The second-order valence-electron chi connectivity index (χ2n) is 4.58. The third-order valence-electron chi connectivity index (χ3n) is 3.17. The van der Waals surface area contributed by atoms with Gasteiger partial charge in [-0.15, -0.1) is 0 Å². The van der Waals surface area contributed by atoms with Gasteiger partial charge in [-0.05, 0) is 18.8 Å². The summed E-state index contributed by atoms with van der Waals surface area (Å²) in [6.45, 7) is 2.08. The summed E-state index contributed by atoms with van der Waals surface area (Å²) in [5, 5.41) is 18.9. The van der Waals surface area contributed by atoms with Gasteiger partial charge in [0.1, 0.15) is 12.4 Å². The summed E-state index contributed by atoms with van der Waals surface area (Å²) in [7, 11) is 0. The molecule has 1 rings (SSSR count). The number of aldehydes is 1. The van der Waals surface area contributed by atoms with Gasteiger partial charge in [0.25, 0.3) is 0 Å². The van der Waals surface area contributed by atoms with Crippen LogP contribution >= 0.6 is 0 Å². The molecule has 1 fully saturated rings. The Morgan fingerprint density at radius 1 is 1.33 bits per heavy atom. The fourth-order valence-electron chi connectivity index (χ4n) is 2.07. The van der Waals surface area contributed by atoms with E-state index < -0.39 is 23.9 Å². The monoisotopic (exact) mass is 252 g/mol. The number of rotatable bonds is 5. The highest BCUT2D eigenvalue weighted by molar-refractivity contribution is 5.97. The van der Waals surface area contributed by atoms with E-state index in [0.717, 1.165) is 12.8 Å². The van der Waals surface area contributed by atoms with Crippen LogP contribution in [0.15, 0.2) is 24.3 Å². The second kappa shape index (κ2) is 7.24. The zero-order valence-electron chi connectivity index (χ0n) is 10.5. The molecule has 4 heteroatoms. The van der Waals surface area contributed by atoms with Crippen LogP contribution in [0.5, 0.6) is 0 Å². The Morgan fingerprint density at radius 3 is 2.67 bits per heavy atom. The molecule has 0 spiro atoms. The highest BCUT2D eigenvalue weighted by atomic mass is 16.3. The molecular weight excluding hydrogens is 232 g/mol. The zero-order chi connectivity index (χ0) is 13.5. The Hall–Kier alpha value is -1.26. The Balaban J connectivity index is 2.68. The molecule has 0 aliphatic heterocycles. The number of allylic oxidation sites excluding steroid dienone is 4. The van der Waals surface area contributed by atoms with Crippen molar-refractivity contribution in [3.63, 3.8) is 0 Å². The van der Waals surface area contributed by atoms with E-state index in [1.54, 1.807) is 12.2 Å². The lowest BCUT2D eigenvalue weighted by Gasteiger charge is -2.31. The highest BCUT2D eigenvalue weighted by Gasteiger charge is 2.41. The minimum Gasteiger partial charge on any atom is -0.390 e. The van der Waals surface area contributed by atoms with E-state index in [9.17, 15) is 19.8 Å². The van der Waals surface area contributed by atoms with Gasteiger partial charge in [-0.25, -0.2) is 0 Å². The molecule has 0 aromatic heterocycles. The Bertz CT molecular complexity index is 346. The molecule has 4 nitrogen and oxygen atoms in total. The summed E-state index contributed by atoms with van der Waals surface area (Å²) in [4.78, 5) is 22.5. The van der Waals surface area contributed by atoms with Gasteiger partial charge in [0.2, 0.25) is 0 Å². The van der Waals surface area contributed by atoms with Gasteiger partial charge in [-0.1, -0.05) is 37.6 Å². The van der Waals surface area contributed by atoms with Crippen LogP contribution in [0.4, 0.5) is 0 Å². The van der Waals surface area contributed by atoms with Crippen molar-refractivity contribution in [3.8, 4) is 0 Å². The maximum Gasteiger partial charge on any atom is 0.174 e. The van der Waals surface area contributed by atoms with Gasteiger partial charge < -0.3 is 15.0 Å². The van der Waals surface area contributed by atoms with Crippen LogP contribution in [0, 0.1) is 11.8 Å². The quantitative estimate of drug-likeness (QED) is 0.435. The average molecular weight is 252 g/mol. The van der Waals surface area contributed by atoms with Crippen LogP contribution in [0.25, 0.3) is 0 Å². The van der Waals surface area contributed by atoms with Gasteiger partial charge in [0.15, 0.2) is 5.78 Å². The number of ketones is 1. The Morgan fingerprint density at radius 2 is 2.06 bits per heavy atom. The second-order valence-corrected chi connectivity index (χ2v) is 4.58. The summed E-state index contributed by atoms with van der Waals surface area (Å²) >= 11 is 0. The normalized spacial score (nSPS) is 33.4. The molecule has 1 aliphatic rings. The van der Waals surface area contributed by atoms with Crippen LogP contribution in [-0.4, -0.2) is 34.5 Å². The lowest BCUT2D eigenvalue weighted by atomic mass is 9.76. The van der Waals surface area contributed by atoms with Gasteiger partial charge in [0.05, 0.1) is 12.0 Å². The summed E-state index contributed by atoms with van der Waals surface area (Å²) in [6.07, 6.45) is 7.72. The van der Waals surface area contributed by atoms with Gasteiger partial charge in [-0.3, -0.25) is 4.79 Å². The maximum absolute atomic E-state index is 11.6. The first-order valence-electron chi connectivity index (χ1n) is 6.30. The first-order chi connectivity index (χ1) is 8.61. The van der Waals surface area contributed by atoms with E-state index in [4.69, 9.17) is 0 Å². The van der Waals surface area contributed by atoms with E-state index in [0.29, 0.717) is 6.29 Å². The van der Waals surface area contributed by atoms with Crippen molar-refractivity contribution in [2.45, 2.75) is 38.4 Å². The molecule has 4 unspecified atom stereocenters. The number of hydrogen-bond acceptors (Lipinski definition) is 4. The molecule has 0 heterocycles. The molecule has 1 saturated carbocycles. The molecule has 100 valence electrons. The molecular formula is C14H20O4. The Kier molecular flexibility index (Phi) is 5.95. The molecule has 4 atom stereocenters. The van der Waals surface area contributed by atoms with Crippen LogP contribution < -0.4 is 0 Å². The van der Waals surface area contributed by atoms with E-state index in [-0.39, 0.29) is 12.3 Å². The third-order valence-corrected chi connectivity index (χ3v) is 3.17. The predicted molar refractivity (Wildman–Crippen MR) is 67.9 cm³/mol. The summed E-state index contributed by atoms with van der Waals surface area (Å²) < 4.78 is 0. The number of aliphatic hydroxyl groups excluding tert-OH is 2. The maximum atomic E-state index is 11.6. The number of carbonyl (C=O) groups excluding carboxylic acids is 2. The summed E-state index contributed by atoms with van der Waals surface area (Å²) in [5.74, 6) is -1.77. The van der Waals surface area contributed by atoms with E-state index >= 15 is 0 Å². The number of carbonyl (C=O) groups is 2. The zero-order valence-corrected chi connectivity index (χ0v) is 10.5. The molecule has 2 N–H and O–H groups in total. The topological polar surface area (TPSA) is 74.6 Å². The number of hydrogen-bond donors (Lipinski definition) is 2. The standard InChI is InChI=1S/C14H20O4/c1-2-3-4-5-6-7-10-8-12(16)14(18)13(17)11(10)9-15/h4-7,9-12,14,16,18H,2-3,8H2,1H3. The third kappa shape index (κ3) is 3.62. The number of unbranched alkanes of at least 4 members (excludes halogenated alkanes) is 1. The fraction of sp³-hybridized carbons (Fsp3) is 0.571. The molecule has 0 amide bonds. The molecule has 0 aromatic rings. The van der Waals surface area contributed by atoms with Crippen LogP contribution in [0.2, 0.25) is 0 Å². The van der Waals surface area contributed by atoms with Gasteiger partial charge in [0, 0.05) is 0 Å². The minimum absolute atomic E-state index is 0.231. The van der Waals surface area contributed by atoms with E-state index in [2.05, 4.69) is 6.92 Å². The molecule has 18 heavy (non-hydrogen) atoms. The molecule has 0 radical (unpaired) electrons. The molecule has 0 aromatic carbocycles. The van der Waals surface area contributed by atoms with E-state index in [1.165, 1.54) is 0 Å². The van der Waals surface area contributed by atoms with Gasteiger partial charge in [-0.2, -0.15) is 0 Å². The van der Waals surface area contributed by atoms with Crippen molar-refractivity contribution in [1.82, 2.24) is 0 Å². The molecule has 0 bridgehead atoms. The number of aliphatic hydroxyl groups is 2. The number of Topliss-reactive ketones (excluding diaryl/α,β-unsaturated/α-hetero) is 1. The van der Waals surface area contributed by atoms with Crippen molar-refractivity contribution >= 4 is 12.1 Å². The van der Waals surface area contributed by atoms with Crippen molar-refractivity contribution in [2.24, 2.45) is 11.8 Å². The van der Waals surface area contributed by atoms with Gasteiger partial charge >= 0.3 is 0 Å². The predicted octanol–water partition coefficient (Wildman–Crippen LogP) is 1.02. The highest BCUT2D eigenvalue weighted by Crippen LogP contribution is 2.28. The van der Waals surface area contributed by atoms with Crippen LogP contribution in [0.1, 0.15) is 26.2 Å². The lowest BCUT2D eigenvalue weighted by Crippen LogP contribution is -2.47. The molecule has 0 saturated heterocycles. The van der Waals surface area contributed by atoms with E-state index in [1.807, 2.05) is 12.2 Å². The minimum atomic E-state index is -1.43. The lowest BCUT2D eigenvalue weighted by molar-refractivity contribution is -0.146. The average Bonchev–Trinajstić information content (AvgIpc) is 2.36. The summed E-state index contributed by atoms with van der Waals surface area (Å²) in [6, 6.07) is 0. The smallest absolute Gasteiger partial charge is 0.174 e. The largest absolute Gasteiger partial charge is 0.390 e. The van der Waals surface area contributed by atoms with Crippen molar-refractivity contribution in [2.75, 3.05) is 0 Å². The van der Waals surface area contributed by atoms with Crippen molar-refractivity contribution in [1.29, 1.82) is 0 Å².